The molecular weight excluding hydrogens is 152 g/mol. The lowest BCUT2D eigenvalue weighted by atomic mass is 9.90. The zero-order valence-corrected chi connectivity index (χ0v) is 8.50. The fourth-order valence-corrected chi connectivity index (χ4v) is 1.86. The van der Waals surface area contributed by atoms with Gasteiger partial charge in [0.1, 0.15) is 0 Å². The fraction of sp³-hybridized carbons (Fsp3) is 1.00. The van der Waals surface area contributed by atoms with E-state index in [0.717, 1.165) is 6.54 Å². The molecule has 1 fully saturated rings. The van der Waals surface area contributed by atoms with Gasteiger partial charge in [0, 0.05) is 18.6 Å². The first kappa shape index (κ1) is 9.96. The molecule has 3 heteroatoms. The van der Waals surface area contributed by atoms with Crippen LogP contribution in [0.15, 0.2) is 0 Å². The first-order valence-electron chi connectivity index (χ1n) is 4.64. The minimum atomic E-state index is 0.515. The maximum absolute atomic E-state index is 4.97. The maximum Gasteiger partial charge on any atom is 0.0572 e. The van der Waals surface area contributed by atoms with Gasteiger partial charge in [-0.05, 0) is 26.3 Å². The first-order valence-corrected chi connectivity index (χ1v) is 4.64. The molecule has 1 saturated heterocycles. The summed E-state index contributed by atoms with van der Waals surface area (Å²) in [5.41, 5.74) is 3.06. The summed E-state index contributed by atoms with van der Waals surface area (Å²) < 4.78 is 0. The minimum absolute atomic E-state index is 0.515. The van der Waals surface area contributed by atoms with Crippen molar-refractivity contribution in [1.82, 2.24) is 10.4 Å². The van der Waals surface area contributed by atoms with Gasteiger partial charge in [-0.15, -0.1) is 0 Å². The van der Waals surface area contributed by atoms with E-state index in [4.69, 9.17) is 4.84 Å². The van der Waals surface area contributed by atoms with Gasteiger partial charge >= 0.3 is 0 Å². The van der Waals surface area contributed by atoms with E-state index >= 15 is 0 Å². The number of rotatable bonds is 2. The number of piperidine rings is 1. The van der Waals surface area contributed by atoms with E-state index in [2.05, 4.69) is 31.3 Å². The van der Waals surface area contributed by atoms with E-state index in [1.807, 2.05) is 0 Å². The highest BCUT2D eigenvalue weighted by Gasteiger charge is 2.28. The summed E-state index contributed by atoms with van der Waals surface area (Å²) in [4.78, 5) is 7.37. The van der Waals surface area contributed by atoms with Crippen molar-refractivity contribution in [2.45, 2.75) is 32.4 Å². The van der Waals surface area contributed by atoms with Crippen LogP contribution in [0.2, 0.25) is 0 Å². The highest BCUT2D eigenvalue weighted by Crippen LogP contribution is 2.20. The van der Waals surface area contributed by atoms with Gasteiger partial charge in [-0.1, -0.05) is 6.92 Å². The van der Waals surface area contributed by atoms with Crippen LogP contribution in [-0.2, 0) is 4.84 Å². The van der Waals surface area contributed by atoms with Gasteiger partial charge in [-0.3, -0.25) is 0 Å². The molecule has 1 heterocycles. The Kier molecular flexibility index (Phi) is 3.50. The Bertz CT molecular complexity index is 140. The van der Waals surface area contributed by atoms with Gasteiger partial charge in [-0.2, -0.15) is 5.48 Å². The second-order valence-electron chi connectivity index (χ2n) is 3.93. The zero-order chi connectivity index (χ0) is 9.14. The number of nitrogens with zero attached hydrogens (tertiary/aromatic N) is 1. The molecule has 1 rings (SSSR count). The second-order valence-corrected chi connectivity index (χ2v) is 3.93. The lowest BCUT2D eigenvalue weighted by Crippen LogP contribution is -2.50. The summed E-state index contributed by atoms with van der Waals surface area (Å²) in [6.45, 7) is 5.68. The third-order valence-electron chi connectivity index (χ3n) is 2.88. The lowest BCUT2D eigenvalue weighted by molar-refractivity contribution is 0.00445. The summed E-state index contributed by atoms with van der Waals surface area (Å²) in [6.07, 6.45) is 1.17. The molecule has 0 bridgehead atoms. The summed E-state index contributed by atoms with van der Waals surface area (Å²) in [7, 11) is 3.87. The highest BCUT2D eigenvalue weighted by molar-refractivity contribution is 4.84. The van der Waals surface area contributed by atoms with Crippen molar-refractivity contribution in [3.63, 3.8) is 0 Å². The Labute approximate surface area is 75.0 Å². The zero-order valence-electron chi connectivity index (χ0n) is 8.50. The molecule has 3 atom stereocenters. The third-order valence-corrected chi connectivity index (χ3v) is 2.88. The summed E-state index contributed by atoms with van der Waals surface area (Å²) in [5, 5.41) is 0. The van der Waals surface area contributed by atoms with Crippen molar-refractivity contribution in [1.29, 1.82) is 0 Å². The predicted molar refractivity (Wildman–Crippen MR) is 49.8 cm³/mol. The van der Waals surface area contributed by atoms with Crippen molar-refractivity contribution in [3.05, 3.63) is 0 Å². The molecule has 0 aromatic rings. The molecule has 0 spiro atoms. The van der Waals surface area contributed by atoms with E-state index < -0.39 is 0 Å². The average molecular weight is 172 g/mol. The lowest BCUT2D eigenvalue weighted by Gasteiger charge is -2.39. The smallest absolute Gasteiger partial charge is 0.0572 e. The van der Waals surface area contributed by atoms with Crippen LogP contribution in [0.3, 0.4) is 0 Å². The van der Waals surface area contributed by atoms with Gasteiger partial charge in [0.05, 0.1) is 7.11 Å². The van der Waals surface area contributed by atoms with Crippen molar-refractivity contribution in [2.24, 2.45) is 5.92 Å². The minimum Gasteiger partial charge on any atom is -0.305 e. The molecule has 0 radical (unpaired) electrons. The molecule has 3 unspecified atom stereocenters. The Morgan fingerprint density at radius 3 is 2.67 bits per heavy atom. The summed E-state index contributed by atoms with van der Waals surface area (Å²) >= 11 is 0. The normalized spacial score (nSPS) is 38.5. The van der Waals surface area contributed by atoms with Crippen LogP contribution < -0.4 is 5.48 Å². The number of hydroxylamine groups is 1. The molecule has 0 aromatic heterocycles. The van der Waals surface area contributed by atoms with E-state index in [1.54, 1.807) is 7.11 Å². The quantitative estimate of drug-likeness (QED) is 0.625. The Morgan fingerprint density at radius 2 is 2.08 bits per heavy atom. The van der Waals surface area contributed by atoms with Crippen LogP contribution in [0.1, 0.15) is 20.3 Å². The van der Waals surface area contributed by atoms with E-state index in [1.165, 1.54) is 6.42 Å². The Balaban J connectivity index is 2.43. The van der Waals surface area contributed by atoms with Crippen molar-refractivity contribution in [3.8, 4) is 0 Å². The molecule has 1 aliphatic rings. The number of hydrogen-bond donors (Lipinski definition) is 1. The van der Waals surface area contributed by atoms with Gasteiger partial charge in [0.15, 0.2) is 0 Å². The molecular formula is C9H20N2O. The molecule has 1 aliphatic heterocycles. The van der Waals surface area contributed by atoms with Gasteiger partial charge < -0.3 is 9.74 Å². The average Bonchev–Trinajstić information content (AvgIpc) is 2.01. The third kappa shape index (κ3) is 2.19. The van der Waals surface area contributed by atoms with Gasteiger partial charge in [0.2, 0.25) is 0 Å². The molecule has 3 nitrogen and oxygen atoms in total. The molecule has 0 amide bonds. The predicted octanol–water partition coefficient (Wildman–Crippen LogP) is 0.866. The van der Waals surface area contributed by atoms with E-state index in [0.29, 0.717) is 18.0 Å². The molecule has 0 aliphatic carbocycles. The SMILES string of the molecule is CONC1CC(C)N(C)CC1C. The maximum atomic E-state index is 4.97. The van der Waals surface area contributed by atoms with E-state index in [-0.39, 0.29) is 0 Å². The van der Waals surface area contributed by atoms with Gasteiger partial charge in [0.25, 0.3) is 0 Å². The van der Waals surface area contributed by atoms with Crippen LogP contribution in [0.5, 0.6) is 0 Å². The first-order chi connectivity index (χ1) is 5.65. The highest BCUT2D eigenvalue weighted by atomic mass is 16.6. The van der Waals surface area contributed by atoms with Crippen LogP contribution in [0.4, 0.5) is 0 Å². The van der Waals surface area contributed by atoms with Crippen molar-refractivity contribution < 1.29 is 4.84 Å². The number of hydrogen-bond acceptors (Lipinski definition) is 3. The molecule has 1 N–H and O–H groups in total. The summed E-state index contributed by atoms with van der Waals surface area (Å²) in [6, 6.07) is 1.18. The number of likely N-dealkylation sites (tertiary alicyclic amines) is 1. The van der Waals surface area contributed by atoms with Crippen LogP contribution in [0.25, 0.3) is 0 Å². The van der Waals surface area contributed by atoms with Crippen LogP contribution >= 0.6 is 0 Å². The fourth-order valence-electron chi connectivity index (χ4n) is 1.86. The molecule has 72 valence electrons. The number of nitrogens with one attached hydrogen (secondary N) is 1. The van der Waals surface area contributed by atoms with Gasteiger partial charge in [-0.25, -0.2) is 0 Å². The standard InChI is InChI=1S/C9H20N2O/c1-7-6-11(3)8(2)5-9(7)10-12-4/h7-10H,5-6H2,1-4H3. The topological polar surface area (TPSA) is 24.5 Å². The van der Waals surface area contributed by atoms with Crippen LogP contribution in [0, 0.1) is 5.92 Å². The largest absolute Gasteiger partial charge is 0.305 e. The monoisotopic (exact) mass is 172 g/mol. The second kappa shape index (κ2) is 4.21. The Morgan fingerprint density at radius 1 is 1.42 bits per heavy atom. The summed E-state index contributed by atoms with van der Waals surface area (Å²) in [5.74, 6) is 0.672. The molecule has 0 aromatic carbocycles. The van der Waals surface area contributed by atoms with E-state index in [9.17, 15) is 0 Å². The molecule has 0 saturated carbocycles. The Hall–Kier alpha value is -0.120. The molecule has 12 heavy (non-hydrogen) atoms. The van der Waals surface area contributed by atoms with Crippen molar-refractivity contribution in [2.75, 3.05) is 20.7 Å². The van der Waals surface area contributed by atoms with Crippen LogP contribution in [-0.4, -0.2) is 37.7 Å². The van der Waals surface area contributed by atoms with Crippen molar-refractivity contribution >= 4 is 0 Å².